The summed E-state index contributed by atoms with van der Waals surface area (Å²) in [5.41, 5.74) is 12.8. The molecule has 1 fully saturated rings. The molecule has 0 atom stereocenters. The molecule has 1 aromatic heterocycles. The molecule has 0 bridgehead atoms. The molecule has 1 saturated carbocycles. The number of nitrogens with zero attached hydrogens (tertiary/aromatic N) is 1. The van der Waals surface area contributed by atoms with Gasteiger partial charge in [0.15, 0.2) is 0 Å². The first-order chi connectivity index (χ1) is 13.9. The minimum atomic E-state index is -0.350. The minimum absolute atomic E-state index is 0.0564. The lowest BCUT2D eigenvalue weighted by molar-refractivity contribution is 0.0992. The van der Waals surface area contributed by atoms with Crippen LogP contribution in [-0.2, 0) is 24.3 Å². The van der Waals surface area contributed by atoms with Crippen molar-refractivity contribution in [2.24, 2.45) is 18.7 Å². The number of carbonyl (C=O) groups excluding carboxylic acids is 1. The second kappa shape index (κ2) is 8.24. The number of rotatable bonds is 4. The minimum Gasteiger partial charge on any atom is -0.364 e. The Morgan fingerprint density at radius 1 is 0.933 bits per heavy atom. The Balaban J connectivity index is 2.18. The molecule has 0 unspecified atom stereocenters. The topological polar surface area (TPSA) is 48.0 Å². The third-order valence-electron chi connectivity index (χ3n) is 6.79. The molecule has 164 valence electrons. The summed E-state index contributed by atoms with van der Waals surface area (Å²) >= 11 is 0. The third-order valence-corrected chi connectivity index (χ3v) is 6.79. The summed E-state index contributed by atoms with van der Waals surface area (Å²) < 4.78 is 2.05. The van der Waals surface area contributed by atoms with Crippen molar-refractivity contribution in [1.29, 1.82) is 0 Å². The fraction of sp³-hybridized carbons (Fsp3) is 0.593. The van der Waals surface area contributed by atoms with Gasteiger partial charge in [-0.25, -0.2) is 0 Å². The lowest BCUT2D eigenvalue weighted by Crippen LogP contribution is -2.18. The molecule has 3 heteroatoms. The maximum Gasteiger partial charge on any atom is 0.265 e. The Bertz CT molecular complexity index is 883. The van der Waals surface area contributed by atoms with Crippen LogP contribution in [0.5, 0.6) is 0 Å². The van der Waals surface area contributed by atoms with Crippen molar-refractivity contribution in [2.45, 2.75) is 90.9 Å². The Hall–Kier alpha value is -2.03. The zero-order valence-electron chi connectivity index (χ0n) is 20.1. The van der Waals surface area contributed by atoms with Gasteiger partial charge in [0.1, 0.15) is 5.69 Å². The molecule has 30 heavy (non-hydrogen) atoms. The molecule has 1 aliphatic carbocycles. The fourth-order valence-electron chi connectivity index (χ4n) is 4.69. The van der Waals surface area contributed by atoms with E-state index < -0.39 is 0 Å². The van der Waals surface area contributed by atoms with Gasteiger partial charge in [-0.15, -0.1) is 0 Å². The van der Waals surface area contributed by atoms with E-state index in [4.69, 9.17) is 5.73 Å². The van der Waals surface area contributed by atoms with Gasteiger partial charge in [-0.3, -0.25) is 4.79 Å². The monoisotopic (exact) mass is 408 g/mol. The van der Waals surface area contributed by atoms with Crippen molar-refractivity contribution in [2.75, 3.05) is 0 Å². The third kappa shape index (κ3) is 4.82. The maximum absolute atomic E-state index is 12.2. The van der Waals surface area contributed by atoms with Crippen LogP contribution >= 0.6 is 0 Å². The smallest absolute Gasteiger partial charge is 0.265 e. The number of hydrogen-bond donors (Lipinski definition) is 1. The van der Waals surface area contributed by atoms with Crippen LogP contribution in [0.25, 0.3) is 11.1 Å². The highest BCUT2D eigenvalue weighted by molar-refractivity contribution is 5.93. The Morgan fingerprint density at radius 2 is 1.47 bits per heavy atom. The molecule has 0 radical (unpaired) electrons. The first kappa shape index (κ1) is 22.7. The fourth-order valence-corrected chi connectivity index (χ4v) is 4.69. The van der Waals surface area contributed by atoms with Gasteiger partial charge in [0.25, 0.3) is 5.91 Å². The first-order valence-corrected chi connectivity index (χ1v) is 11.5. The molecule has 3 rings (SSSR count). The van der Waals surface area contributed by atoms with Crippen molar-refractivity contribution in [3.05, 3.63) is 46.8 Å². The zero-order chi connectivity index (χ0) is 22.3. The van der Waals surface area contributed by atoms with Crippen LogP contribution < -0.4 is 5.73 Å². The van der Waals surface area contributed by atoms with E-state index in [1.54, 1.807) is 0 Å². The van der Waals surface area contributed by atoms with Crippen LogP contribution in [0.3, 0.4) is 0 Å². The molecule has 1 aliphatic rings. The lowest BCUT2D eigenvalue weighted by atomic mass is 9.78. The Labute approximate surface area is 183 Å². The normalized spacial score (nSPS) is 16.1. The van der Waals surface area contributed by atoms with Crippen LogP contribution in [-0.4, -0.2) is 10.5 Å². The highest BCUT2D eigenvalue weighted by atomic mass is 16.1. The number of primary amides is 1. The summed E-state index contributed by atoms with van der Waals surface area (Å²) in [6.07, 6.45) is 7.58. The van der Waals surface area contributed by atoms with Gasteiger partial charge >= 0.3 is 0 Å². The van der Waals surface area contributed by atoms with Gasteiger partial charge in [-0.05, 0) is 45.9 Å². The molecule has 0 spiro atoms. The van der Waals surface area contributed by atoms with Crippen LogP contribution in [0, 0.1) is 5.92 Å². The Morgan fingerprint density at radius 3 is 1.93 bits per heavy atom. The van der Waals surface area contributed by atoms with E-state index in [1.807, 2.05) is 17.7 Å². The van der Waals surface area contributed by atoms with E-state index in [-0.39, 0.29) is 16.7 Å². The predicted molar refractivity (Wildman–Crippen MR) is 127 cm³/mol. The van der Waals surface area contributed by atoms with Gasteiger partial charge in [0.05, 0.1) is 0 Å². The molecule has 3 nitrogen and oxygen atoms in total. The van der Waals surface area contributed by atoms with Gasteiger partial charge in [-0.2, -0.15) is 0 Å². The molecule has 1 heterocycles. The number of aromatic nitrogens is 1. The van der Waals surface area contributed by atoms with Gasteiger partial charge in [-0.1, -0.05) is 91.8 Å². The maximum atomic E-state index is 12.2. The molecular formula is C27H40N2O. The molecule has 2 N–H and O–H groups in total. The number of amides is 1. The first-order valence-electron chi connectivity index (χ1n) is 11.5. The summed E-state index contributed by atoms with van der Waals surface area (Å²) in [4.78, 5) is 12.2. The van der Waals surface area contributed by atoms with Gasteiger partial charge in [0, 0.05) is 18.3 Å². The van der Waals surface area contributed by atoms with E-state index in [2.05, 4.69) is 59.7 Å². The second-order valence-electron chi connectivity index (χ2n) is 11.3. The van der Waals surface area contributed by atoms with E-state index >= 15 is 0 Å². The summed E-state index contributed by atoms with van der Waals surface area (Å²) in [6, 6.07) is 9.01. The number of hydrogen-bond acceptors (Lipinski definition) is 1. The summed E-state index contributed by atoms with van der Waals surface area (Å²) in [7, 11) is 2.00. The summed E-state index contributed by atoms with van der Waals surface area (Å²) in [6.45, 7) is 13.6. The van der Waals surface area contributed by atoms with E-state index in [0.29, 0.717) is 11.6 Å². The molecule has 0 aliphatic heterocycles. The number of carbonyl (C=O) groups is 1. The van der Waals surface area contributed by atoms with Crippen molar-refractivity contribution in [3.63, 3.8) is 0 Å². The summed E-state index contributed by atoms with van der Waals surface area (Å²) in [5, 5.41) is 0. The quantitative estimate of drug-likeness (QED) is 0.616. The van der Waals surface area contributed by atoms with E-state index in [1.165, 1.54) is 60.1 Å². The predicted octanol–water partition coefficient (Wildman–Crippen LogP) is 6.51. The van der Waals surface area contributed by atoms with Crippen LogP contribution in [0.1, 0.15) is 101 Å². The van der Waals surface area contributed by atoms with Gasteiger partial charge in [0.2, 0.25) is 0 Å². The van der Waals surface area contributed by atoms with Crippen LogP contribution in [0.2, 0.25) is 0 Å². The van der Waals surface area contributed by atoms with E-state index in [9.17, 15) is 4.79 Å². The van der Waals surface area contributed by atoms with Crippen molar-refractivity contribution >= 4 is 5.91 Å². The highest BCUT2D eigenvalue weighted by Crippen LogP contribution is 2.38. The second-order valence-corrected chi connectivity index (χ2v) is 11.3. The van der Waals surface area contributed by atoms with Crippen LogP contribution in [0.4, 0.5) is 0 Å². The number of nitrogens with two attached hydrogens (primary N) is 1. The molecule has 1 amide bonds. The summed E-state index contributed by atoms with van der Waals surface area (Å²) in [5.74, 6) is 0.344. The standard InChI is InChI=1S/C27H40N2O/c1-26(2,3)20-14-19(15-21(16-20)27(4,5)6)22-17-24(25(28)30)29(7)23(22)13-18-11-9-8-10-12-18/h14-18H,8-13H2,1-7H3,(H2,28,30). The van der Waals surface area contributed by atoms with Gasteiger partial charge < -0.3 is 10.3 Å². The molecule has 2 aromatic rings. The van der Waals surface area contributed by atoms with Crippen molar-refractivity contribution in [1.82, 2.24) is 4.57 Å². The Kier molecular flexibility index (Phi) is 6.23. The highest BCUT2D eigenvalue weighted by Gasteiger charge is 2.25. The largest absolute Gasteiger partial charge is 0.364 e. The van der Waals surface area contributed by atoms with Crippen molar-refractivity contribution in [3.8, 4) is 11.1 Å². The average molecular weight is 409 g/mol. The molecule has 1 aromatic carbocycles. The molecular weight excluding hydrogens is 368 g/mol. The SMILES string of the molecule is Cn1c(C(N)=O)cc(-c2cc(C(C)(C)C)cc(C(C)(C)C)c2)c1CC1CCCCC1. The number of benzene rings is 1. The lowest BCUT2D eigenvalue weighted by Gasteiger charge is -2.27. The van der Waals surface area contributed by atoms with Crippen molar-refractivity contribution < 1.29 is 4.79 Å². The van der Waals surface area contributed by atoms with Crippen LogP contribution in [0.15, 0.2) is 24.3 Å². The molecule has 0 saturated heterocycles. The average Bonchev–Trinajstić information content (AvgIpc) is 2.97. The zero-order valence-corrected chi connectivity index (χ0v) is 20.1. The van der Waals surface area contributed by atoms with E-state index in [0.717, 1.165) is 6.42 Å².